The van der Waals surface area contributed by atoms with Crippen LogP contribution in [0.25, 0.3) is 0 Å². The van der Waals surface area contributed by atoms with Crippen LogP contribution in [0.15, 0.2) is 18.2 Å². The SMILES string of the molecule is CCN(CC1CC1)C(CN)c1cc(C)ccc1F. The lowest BCUT2D eigenvalue weighted by Crippen LogP contribution is -2.35. The molecule has 0 bridgehead atoms. The number of nitrogens with zero attached hydrogens (tertiary/aromatic N) is 1. The Hall–Kier alpha value is -0.930. The van der Waals surface area contributed by atoms with Gasteiger partial charge in [-0.25, -0.2) is 4.39 Å². The minimum atomic E-state index is -0.134. The maximum Gasteiger partial charge on any atom is 0.128 e. The lowest BCUT2D eigenvalue weighted by molar-refractivity contribution is 0.199. The number of aryl methyl sites for hydroxylation is 1. The fourth-order valence-electron chi connectivity index (χ4n) is 2.50. The second-order valence-corrected chi connectivity index (χ2v) is 5.31. The van der Waals surface area contributed by atoms with Gasteiger partial charge in [0.1, 0.15) is 5.82 Å². The minimum Gasteiger partial charge on any atom is -0.329 e. The van der Waals surface area contributed by atoms with Gasteiger partial charge in [0.2, 0.25) is 0 Å². The van der Waals surface area contributed by atoms with Gasteiger partial charge in [-0.1, -0.05) is 24.6 Å². The number of benzene rings is 1. The van der Waals surface area contributed by atoms with Crippen molar-refractivity contribution in [2.45, 2.75) is 32.7 Å². The molecule has 1 aromatic rings. The molecular weight excluding hydrogens is 227 g/mol. The highest BCUT2D eigenvalue weighted by atomic mass is 19.1. The highest BCUT2D eigenvalue weighted by Crippen LogP contribution is 2.33. The largest absolute Gasteiger partial charge is 0.329 e. The molecule has 1 aromatic carbocycles. The summed E-state index contributed by atoms with van der Waals surface area (Å²) in [6, 6.07) is 5.31. The standard InChI is InChI=1S/C15H23FN2/c1-3-18(10-12-5-6-12)15(9-17)13-8-11(2)4-7-14(13)16/h4,7-8,12,15H,3,5-6,9-10,17H2,1-2H3. The highest BCUT2D eigenvalue weighted by molar-refractivity contribution is 5.27. The summed E-state index contributed by atoms with van der Waals surface area (Å²) >= 11 is 0. The molecule has 0 aliphatic heterocycles. The molecule has 1 aliphatic rings. The lowest BCUT2D eigenvalue weighted by Gasteiger charge is -2.30. The average Bonchev–Trinajstić information content (AvgIpc) is 3.17. The van der Waals surface area contributed by atoms with E-state index in [4.69, 9.17) is 5.73 Å². The summed E-state index contributed by atoms with van der Waals surface area (Å²) in [7, 11) is 0. The Morgan fingerprint density at radius 1 is 1.44 bits per heavy atom. The monoisotopic (exact) mass is 250 g/mol. The van der Waals surface area contributed by atoms with Gasteiger partial charge in [-0.2, -0.15) is 0 Å². The van der Waals surface area contributed by atoms with E-state index in [1.807, 2.05) is 19.1 Å². The number of halogens is 1. The van der Waals surface area contributed by atoms with E-state index in [0.29, 0.717) is 6.54 Å². The lowest BCUT2D eigenvalue weighted by atomic mass is 10.0. The molecule has 1 atom stereocenters. The summed E-state index contributed by atoms with van der Waals surface area (Å²) in [6.07, 6.45) is 2.62. The van der Waals surface area contributed by atoms with E-state index in [1.165, 1.54) is 12.8 Å². The highest BCUT2D eigenvalue weighted by Gasteiger charge is 2.28. The Balaban J connectivity index is 2.21. The minimum absolute atomic E-state index is 0.00972. The van der Waals surface area contributed by atoms with Crippen molar-refractivity contribution in [1.29, 1.82) is 0 Å². The van der Waals surface area contributed by atoms with Crippen molar-refractivity contribution >= 4 is 0 Å². The molecular formula is C15H23FN2. The normalized spacial score (nSPS) is 17.2. The van der Waals surface area contributed by atoms with Crippen molar-refractivity contribution in [1.82, 2.24) is 4.90 Å². The maximum absolute atomic E-state index is 14.0. The second-order valence-electron chi connectivity index (χ2n) is 5.31. The van der Waals surface area contributed by atoms with Crippen LogP contribution in [0, 0.1) is 18.7 Å². The Labute approximate surface area is 109 Å². The number of hydrogen-bond donors (Lipinski definition) is 1. The first-order valence-corrected chi connectivity index (χ1v) is 6.85. The molecule has 2 nitrogen and oxygen atoms in total. The van der Waals surface area contributed by atoms with Gasteiger partial charge in [-0.05, 0) is 38.3 Å². The first kappa shape index (κ1) is 13.5. The van der Waals surface area contributed by atoms with E-state index in [0.717, 1.165) is 30.1 Å². The Morgan fingerprint density at radius 3 is 2.72 bits per heavy atom. The summed E-state index contributed by atoms with van der Waals surface area (Å²) in [5.41, 5.74) is 7.73. The van der Waals surface area contributed by atoms with Crippen LogP contribution in [0.2, 0.25) is 0 Å². The molecule has 0 aromatic heterocycles. The molecule has 0 radical (unpaired) electrons. The summed E-state index contributed by atoms with van der Waals surface area (Å²) in [4.78, 5) is 2.32. The fraction of sp³-hybridized carbons (Fsp3) is 0.600. The first-order valence-electron chi connectivity index (χ1n) is 6.85. The van der Waals surface area contributed by atoms with Gasteiger partial charge >= 0.3 is 0 Å². The van der Waals surface area contributed by atoms with Crippen LogP contribution in [0.3, 0.4) is 0 Å². The molecule has 2 rings (SSSR count). The zero-order valence-corrected chi connectivity index (χ0v) is 11.3. The van der Waals surface area contributed by atoms with Crippen molar-refractivity contribution in [3.63, 3.8) is 0 Å². The smallest absolute Gasteiger partial charge is 0.128 e. The van der Waals surface area contributed by atoms with E-state index < -0.39 is 0 Å². The zero-order chi connectivity index (χ0) is 13.1. The molecule has 3 heteroatoms. The van der Waals surface area contributed by atoms with E-state index in [9.17, 15) is 4.39 Å². The topological polar surface area (TPSA) is 29.3 Å². The van der Waals surface area contributed by atoms with Gasteiger partial charge in [0.25, 0.3) is 0 Å². The Bertz CT molecular complexity index is 401. The van der Waals surface area contributed by atoms with Crippen molar-refractivity contribution in [2.24, 2.45) is 11.7 Å². The second kappa shape index (κ2) is 5.81. The van der Waals surface area contributed by atoms with Crippen LogP contribution in [-0.2, 0) is 0 Å². The Kier molecular flexibility index (Phi) is 4.36. The van der Waals surface area contributed by atoms with Crippen molar-refractivity contribution in [2.75, 3.05) is 19.6 Å². The summed E-state index contributed by atoms with van der Waals surface area (Å²) in [6.45, 7) is 6.56. The molecule has 0 spiro atoms. The average molecular weight is 250 g/mol. The van der Waals surface area contributed by atoms with Crippen LogP contribution in [-0.4, -0.2) is 24.5 Å². The third-order valence-corrected chi connectivity index (χ3v) is 3.77. The molecule has 1 aliphatic carbocycles. The molecule has 1 saturated carbocycles. The van der Waals surface area contributed by atoms with Crippen LogP contribution in [0.4, 0.5) is 4.39 Å². The molecule has 100 valence electrons. The van der Waals surface area contributed by atoms with Crippen LogP contribution >= 0.6 is 0 Å². The fourth-order valence-corrected chi connectivity index (χ4v) is 2.50. The summed E-state index contributed by atoms with van der Waals surface area (Å²) < 4.78 is 14.0. The molecule has 0 amide bonds. The van der Waals surface area contributed by atoms with E-state index in [-0.39, 0.29) is 11.9 Å². The van der Waals surface area contributed by atoms with Gasteiger partial charge in [0.05, 0.1) is 0 Å². The molecule has 2 N–H and O–H groups in total. The predicted octanol–water partition coefficient (Wildman–Crippen LogP) is 2.87. The molecule has 1 unspecified atom stereocenters. The zero-order valence-electron chi connectivity index (χ0n) is 11.3. The number of nitrogens with two attached hydrogens (primary N) is 1. The number of likely N-dealkylation sites (N-methyl/N-ethyl adjacent to an activating group) is 1. The summed E-state index contributed by atoms with van der Waals surface area (Å²) in [5, 5.41) is 0. The van der Waals surface area contributed by atoms with E-state index in [1.54, 1.807) is 6.07 Å². The van der Waals surface area contributed by atoms with Crippen molar-refractivity contribution in [3.8, 4) is 0 Å². The third kappa shape index (κ3) is 3.09. The van der Waals surface area contributed by atoms with Gasteiger partial charge in [0.15, 0.2) is 0 Å². The number of rotatable bonds is 6. The van der Waals surface area contributed by atoms with Gasteiger partial charge in [-0.3, -0.25) is 4.90 Å². The molecule has 1 fully saturated rings. The summed E-state index contributed by atoms with van der Waals surface area (Å²) in [5.74, 6) is 0.664. The molecule has 0 saturated heterocycles. The van der Waals surface area contributed by atoms with Gasteiger partial charge in [0, 0.05) is 24.7 Å². The molecule has 0 heterocycles. The van der Waals surface area contributed by atoms with Gasteiger partial charge in [-0.15, -0.1) is 0 Å². The number of hydrogen-bond acceptors (Lipinski definition) is 2. The van der Waals surface area contributed by atoms with Crippen molar-refractivity contribution in [3.05, 3.63) is 35.1 Å². The van der Waals surface area contributed by atoms with Crippen LogP contribution < -0.4 is 5.73 Å². The van der Waals surface area contributed by atoms with Crippen LogP contribution in [0.5, 0.6) is 0 Å². The van der Waals surface area contributed by atoms with Crippen molar-refractivity contribution < 1.29 is 4.39 Å². The first-order chi connectivity index (χ1) is 8.65. The molecule has 18 heavy (non-hydrogen) atoms. The van der Waals surface area contributed by atoms with Gasteiger partial charge < -0.3 is 5.73 Å². The Morgan fingerprint density at radius 2 is 2.17 bits per heavy atom. The predicted molar refractivity (Wildman–Crippen MR) is 72.9 cm³/mol. The van der Waals surface area contributed by atoms with E-state index >= 15 is 0 Å². The maximum atomic E-state index is 14.0. The van der Waals surface area contributed by atoms with Crippen LogP contribution in [0.1, 0.15) is 36.9 Å². The quantitative estimate of drug-likeness (QED) is 0.841. The third-order valence-electron chi connectivity index (χ3n) is 3.77. The van der Waals surface area contributed by atoms with E-state index in [2.05, 4.69) is 11.8 Å².